The van der Waals surface area contributed by atoms with Gasteiger partial charge in [0.1, 0.15) is 17.9 Å². The Kier molecular flexibility index (Phi) is 3.69. The zero-order valence-corrected chi connectivity index (χ0v) is 13.5. The van der Waals surface area contributed by atoms with Crippen molar-refractivity contribution < 1.29 is 4.74 Å². The second-order valence-corrected chi connectivity index (χ2v) is 6.08. The topological polar surface area (TPSA) is 52.3 Å². The molecule has 23 heavy (non-hydrogen) atoms. The second-order valence-electron chi connectivity index (χ2n) is 4.86. The zero-order chi connectivity index (χ0) is 15.6. The van der Waals surface area contributed by atoms with Crippen molar-refractivity contribution in [2.75, 3.05) is 0 Å². The smallest absolute Gasteiger partial charge is 0.234 e. The molecule has 0 amide bonds. The summed E-state index contributed by atoms with van der Waals surface area (Å²) in [6, 6.07) is 15.3. The van der Waals surface area contributed by atoms with E-state index in [9.17, 15) is 0 Å². The molecule has 0 spiro atoms. The third-order valence-corrected chi connectivity index (χ3v) is 4.43. The Morgan fingerprint density at radius 2 is 1.87 bits per heavy atom. The molecule has 2 aromatic heterocycles. The summed E-state index contributed by atoms with van der Waals surface area (Å²) >= 11 is 7.58. The van der Waals surface area contributed by atoms with Gasteiger partial charge in [0, 0.05) is 16.1 Å². The Morgan fingerprint density at radius 1 is 1.04 bits per heavy atom. The fourth-order valence-corrected chi connectivity index (χ4v) is 2.97. The summed E-state index contributed by atoms with van der Waals surface area (Å²) in [5.41, 5.74) is 3.64. The van der Waals surface area contributed by atoms with Gasteiger partial charge in [-0.2, -0.15) is 9.61 Å². The van der Waals surface area contributed by atoms with Crippen LogP contribution in [0.4, 0.5) is 0 Å². The SMILES string of the molecule is Clc1ccccc1COc1ccc(-c2nnc3scnn23)cc1. The lowest BCUT2D eigenvalue weighted by atomic mass is 10.2. The van der Waals surface area contributed by atoms with E-state index in [-0.39, 0.29) is 0 Å². The van der Waals surface area contributed by atoms with Gasteiger partial charge in [0.05, 0.1) is 0 Å². The molecule has 0 bridgehead atoms. The van der Waals surface area contributed by atoms with Crippen molar-refractivity contribution in [3.63, 3.8) is 0 Å². The summed E-state index contributed by atoms with van der Waals surface area (Å²) in [6.07, 6.45) is 0. The fraction of sp³-hybridized carbons (Fsp3) is 0.0625. The van der Waals surface area contributed by atoms with Gasteiger partial charge in [0.2, 0.25) is 4.96 Å². The predicted molar refractivity (Wildman–Crippen MR) is 89.9 cm³/mol. The van der Waals surface area contributed by atoms with Crippen LogP contribution in [0.5, 0.6) is 5.75 Å². The molecule has 2 aromatic carbocycles. The van der Waals surface area contributed by atoms with Gasteiger partial charge in [-0.1, -0.05) is 41.1 Å². The van der Waals surface area contributed by atoms with Crippen LogP contribution < -0.4 is 4.74 Å². The number of benzene rings is 2. The molecule has 4 rings (SSSR count). The molecule has 0 saturated heterocycles. The first kappa shape index (κ1) is 14.2. The maximum absolute atomic E-state index is 6.12. The highest BCUT2D eigenvalue weighted by molar-refractivity contribution is 7.14. The summed E-state index contributed by atoms with van der Waals surface area (Å²) in [7, 11) is 0. The number of halogens is 1. The number of fused-ring (bicyclic) bond motifs is 1. The summed E-state index contributed by atoms with van der Waals surface area (Å²) in [5, 5.41) is 13.2. The van der Waals surface area contributed by atoms with E-state index in [1.807, 2.05) is 48.5 Å². The van der Waals surface area contributed by atoms with Gasteiger partial charge < -0.3 is 4.74 Å². The van der Waals surface area contributed by atoms with Gasteiger partial charge >= 0.3 is 0 Å². The van der Waals surface area contributed by atoms with Crippen molar-refractivity contribution in [1.29, 1.82) is 0 Å². The van der Waals surface area contributed by atoms with Gasteiger partial charge in [-0.25, -0.2) is 0 Å². The van der Waals surface area contributed by atoms with Gasteiger partial charge in [0.25, 0.3) is 0 Å². The van der Waals surface area contributed by atoms with Crippen LogP contribution in [0.1, 0.15) is 5.56 Å². The molecule has 7 heteroatoms. The number of hydrogen-bond acceptors (Lipinski definition) is 5. The Morgan fingerprint density at radius 3 is 2.70 bits per heavy atom. The minimum absolute atomic E-state index is 0.431. The van der Waals surface area contributed by atoms with Gasteiger partial charge in [-0.05, 0) is 30.3 Å². The van der Waals surface area contributed by atoms with Crippen molar-refractivity contribution in [3.05, 3.63) is 64.6 Å². The Bertz CT molecular complexity index is 948. The van der Waals surface area contributed by atoms with E-state index in [0.29, 0.717) is 11.6 Å². The molecule has 2 heterocycles. The minimum atomic E-state index is 0.431. The largest absolute Gasteiger partial charge is 0.489 e. The van der Waals surface area contributed by atoms with Crippen LogP contribution in [-0.2, 0) is 6.61 Å². The van der Waals surface area contributed by atoms with Crippen molar-refractivity contribution in [2.24, 2.45) is 0 Å². The second kappa shape index (κ2) is 5.98. The third-order valence-electron chi connectivity index (χ3n) is 3.40. The molecule has 114 valence electrons. The summed E-state index contributed by atoms with van der Waals surface area (Å²) in [6.45, 7) is 0.431. The lowest BCUT2D eigenvalue weighted by Crippen LogP contribution is -1.96. The number of rotatable bonds is 4. The lowest BCUT2D eigenvalue weighted by molar-refractivity contribution is 0.306. The molecule has 0 radical (unpaired) electrons. The van der Waals surface area contributed by atoms with E-state index in [0.717, 1.165) is 27.7 Å². The first-order valence-electron chi connectivity index (χ1n) is 6.93. The fourth-order valence-electron chi connectivity index (χ4n) is 2.22. The lowest BCUT2D eigenvalue weighted by Gasteiger charge is -2.08. The van der Waals surface area contributed by atoms with Crippen molar-refractivity contribution >= 4 is 27.9 Å². The maximum atomic E-state index is 6.12. The molecule has 5 nitrogen and oxygen atoms in total. The minimum Gasteiger partial charge on any atom is -0.489 e. The van der Waals surface area contributed by atoms with Crippen molar-refractivity contribution in [1.82, 2.24) is 19.8 Å². The molecular formula is C16H11ClN4OS. The van der Waals surface area contributed by atoms with Gasteiger partial charge in [0.15, 0.2) is 5.82 Å². The quantitative estimate of drug-likeness (QED) is 0.560. The Hall–Kier alpha value is -2.44. The average Bonchev–Trinajstić information content (AvgIpc) is 3.18. The highest BCUT2D eigenvalue weighted by Crippen LogP contribution is 2.23. The van der Waals surface area contributed by atoms with Crippen LogP contribution >= 0.6 is 22.9 Å². The Labute approximate surface area is 141 Å². The standard InChI is InChI=1S/C16H11ClN4OS/c17-14-4-2-1-3-12(14)9-22-13-7-5-11(6-8-13)15-19-20-16-21(15)18-10-23-16/h1-8,10H,9H2. The Balaban J connectivity index is 1.52. The van der Waals surface area contributed by atoms with Crippen LogP contribution in [-0.4, -0.2) is 19.8 Å². The first-order valence-corrected chi connectivity index (χ1v) is 8.18. The number of ether oxygens (including phenoxy) is 1. The number of aromatic nitrogens is 4. The van der Waals surface area contributed by atoms with Crippen LogP contribution in [0.2, 0.25) is 5.02 Å². The maximum Gasteiger partial charge on any atom is 0.234 e. The molecule has 0 atom stereocenters. The van der Waals surface area contributed by atoms with Crippen LogP contribution in [0.25, 0.3) is 16.3 Å². The monoisotopic (exact) mass is 342 g/mol. The number of nitrogens with zero attached hydrogens (tertiary/aromatic N) is 4. The van der Waals surface area contributed by atoms with E-state index >= 15 is 0 Å². The van der Waals surface area contributed by atoms with E-state index in [2.05, 4.69) is 15.3 Å². The molecule has 0 aliphatic rings. The summed E-state index contributed by atoms with van der Waals surface area (Å²) in [5.74, 6) is 1.49. The normalized spacial score (nSPS) is 11.0. The van der Waals surface area contributed by atoms with E-state index in [1.165, 1.54) is 11.3 Å². The van der Waals surface area contributed by atoms with Crippen LogP contribution in [0, 0.1) is 0 Å². The zero-order valence-electron chi connectivity index (χ0n) is 11.9. The predicted octanol–water partition coefficient (Wildman–Crippen LogP) is 4.09. The van der Waals surface area contributed by atoms with Crippen molar-refractivity contribution in [2.45, 2.75) is 6.61 Å². The first-order chi connectivity index (χ1) is 11.3. The van der Waals surface area contributed by atoms with E-state index in [1.54, 1.807) is 10.0 Å². The van der Waals surface area contributed by atoms with Gasteiger partial charge in [-0.3, -0.25) is 0 Å². The van der Waals surface area contributed by atoms with E-state index < -0.39 is 0 Å². The molecule has 0 fully saturated rings. The van der Waals surface area contributed by atoms with E-state index in [4.69, 9.17) is 16.3 Å². The molecule has 0 aliphatic heterocycles. The molecule has 4 aromatic rings. The summed E-state index contributed by atoms with van der Waals surface area (Å²) in [4.78, 5) is 0.777. The molecule has 0 N–H and O–H groups in total. The third kappa shape index (κ3) is 2.78. The summed E-state index contributed by atoms with van der Waals surface area (Å²) < 4.78 is 7.50. The van der Waals surface area contributed by atoms with Gasteiger partial charge in [-0.15, -0.1) is 10.2 Å². The molecule has 0 aliphatic carbocycles. The van der Waals surface area contributed by atoms with Crippen LogP contribution in [0.15, 0.2) is 54.0 Å². The average molecular weight is 343 g/mol. The molecule has 0 unspecified atom stereocenters. The molecular weight excluding hydrogens is 332 g/mol. The highest BCUT2D eigenvalue weighted by atomic mass is 35.5. The molecule has 0 saturated carbocycles. The highest BCUT2D eigenvalue weighted by Gasteiger charge is 2.10. The number of hydrogen-bond donors (Lipinski definition) is 0. The van der Waals surface area contributed by atoms with Crippen LogP contribution in [0.3, 0.4) is 0 Å². The van der Waals surface area contributed by atoms with Crippen molar-refractivity contribution in [3.8, 4) is 17.1 Å².